The first-order valence-electron chi connectivity index (χ1n) is 7.94. The third kappa shape index (κ3) is 3.40. The Balaban J connectivity index is 1.70. The summed E-state index contributed by atoms with van der Waals surface area (Å²) in [6, 6.07) is 14.3. The van der Waals surface area contributed by atoms with Gasteiger partial charge in [0.15, 0.2) is 0 Å². The van der Waals surface area contributed by atoms with Gasteiger partial charge < -0.3 is 14.5 Å². The monoisotopic (exact) mass is 324 g/mol. The number of anilines is 2. The fourth-order valence-electron chi connectivity index (χ4n) is 2.69. The first kappa shape index (κ1) is 16.1. The predicted octanol–water partition coefficient (Wildman–Crippen LogP) is 3.10. The van der Waals surface area contributed by atoms with E-state index in [-0.39, 0.29) is 5.91 Å². The maximum Gasteiger partial charge on any atom is 0.343 e. The fourth-order valence-corrected chi connectivity index (χ4v) is 2.69. The molecule has 2 aromatic rings. The molecule has 0 N–H and O–H groups in total. The number of carbonyl (C=O) groups is 2. The number of rotatable bonds is 4. The second-order valence-electron chi connectivity index (χ2n) is 5.98. The lowest BCUT2D eigenvalue weighted by Gasteiger charge is -2.16. The summed E-state index contributed by atoms with van der Waals surface area (Å²) in [6.07, 6.45) is 1.48. The van der Waals surface area contributed by atoms with Crippen LogP contribution in [0.2, 0.25) is 0 Å². The molecule has 0 spiro atoms. The molecule has 1 saturated heterocycles. The Hall–Kier alpha value is -2.82. The molecular formula is C19H20N2O3. The van der Waals surface area contributed by atoms with Gasteiger partial charge in [-0.1, -0.05) is 6.07 Å². The van der Waals surface area contributed by atoms with Crippen LogP contribution in [0.3, 0.4) is 0 Å². The summed E-state index contributed by atoms with van der Waals surface area (Å²) in [4.78, 5) is 27.7. The van der Waals surface area contributed by atoms with Crippen molar-refractivity contribution in [2.24, 2.45) is 0 Å². The largest absolute Gasteiger partial charge is 0.423 e. The van der Waals surface area contributed by atoms with Gasteiger partial charge in [-0.3, -0.25) is 4.79 Å². The quantitative estimate of drug-likeness (QED) is 0.640. The lowest BCUT2D eigenvalue weighted by molar-refractivity contribution is -0.117. The Bertz CT molecular complexity index is 753. The average Bonchev–Trinajstić information content (AvgIpc) is 3.01. The summed E-state index contributed by atoms with van der Waals surface area (Å²) in [7, 11) is 3.84. The van der Waals surface area contributed by atoms with Gasteiger partial charge in [0.05, 0.1) is 5.56 Å². The van der Waals surface area contributed by atoms with E-state index < -0.39 is 5.97 Å². The third-order valence-electron chi connectivity index (χ3n) is 4.03. The Kier molecular flexibility index (Phi) is 4.51. The van der Waals surface area contributed by atoms with E-state index in [2.05, 4.69) is 0 Å². The van der Waals surface area contributed by atoms with Gasteiger partial charge >= 0.3 is 5.97 Å². The number of ether oxygens (including phenoxy) is 1. The van der Waals surface area contributed by atoms with Crippen LogP contribution in [0, 0.1) is 0 Å². The molecule has 1 fully saturated rings. The van der Waals surface area contributed by atoms with Crippen molar-refractivity contribution in [3.05, 3.63) is 54.1 Å². The molecule has 1 aliphatic heterocycles. The van der Waals surface area contributed by atoms with Crippen molar-refractivity contribution in [2.75, 3.05) is 30.4 Å². The van der Waals surface area contributed by atoms with E-state index in [1.54, 1.807) is 29.2 Å². The van der Waals surface area contributed by atoms with E-state index in [4.69, 9.17) is 4.74 Å². The minimum absolute atomic E-state index is 0.139. The molecule has 5 heteroatoms. The van der Waals surface area contributed by atoms with Crippen molar-refractivity contribution in [3.8, 4) is 5.75 Å². The Morgan fingerprint density at radius 1 is 1.12 bits per heavy atom. The second-order valence-corrected chi connectivity index (χ2v) is 5.98. The van der Waals surface area contributed by atoms with Crippen LogP contribution >= 0.6 is 0 Å². The van der Waals surface area contributed by atoms with Crippen LogP contribution in [0.1, 0.15) is 23.2 Å². The van der Waals surface area contributed by atoms with Gasteiger partial charge in [0.25, 0.3) is 0 Å². The molecule has 24 heavy (non-hydrogen) atoms. The normalized spacial score (nSPS) is 13.9. The van der Waals surface area contributed by atoms with E-state index in [1.807, 2.05) is 43.3 Å². The van der Waals surface area contributed by atoms with Crippen LogP contribution in [0.15, 0.2) is 48.5 Å². The van der Waals surface area contributed by atoms with Gasteiger partial charge in [0.1, 0.15) is 5.75 Å². The van der Waals surface area contributed by atoms with Crippen LogP contribution in [-0.2, 0) is 4.79 Å². The van der Waals surface area contributed by atoms with E-state index in [0.29, 0.717) is 17.7 Å². The van der Waals surface area contributed by atoms with E-state index >= 15 is 0 Å². The zero-order chi connectivity index (χ0) is 17.1. The maximum absolute atomic E-state index is 12.3. The number of amides is 1. The Labute approximate surface area is 141 Å². The van der Waals surface area contributed by atoms with Crippen molar-refractivity contribution < 1.29 is 14.3 Å². The molecule has 0 bridgehead atoms. The molecule has 0 radical (unpaired) electrons. The summed E-state index contributed by atoms with van der Waals surface area (Å²) in [5, 5.41) is 0. The summed E-state index contributed by atoms with van der Waals surface area (Å²) in [5.41, 5.74) is 2.28. The van der Waals surface area contributed by atoms with Crippen LogP contribution in [0.25, 0.3) is 0 Å². The smallest absolute Gasteiger partial charge is 0.343 e. The molecule has 1 aliphatic rings. The summed E-state index contributed by atoms with van der Waals surface area (Å²) < 4.78 is 5.42. The minimum Gasteiger partial charge on any atom is -0.423 e. The van der Waals surface area contributed by atoms with Crippen molar-refractivity contribution in [1.29, 1.82) is 0 Å². The van der Waals surface area contributed by atoms with Crippen molar-refractivity contribution in [2.45, 2.75) is 12.8 Å². The average molecular weight is 324 g/mol. The highest BCUT2D eigenvalue weighted by Crippen LogP contribution is 2.24. The first-order chi connectivity index (χ1) is 11.5. The van der Waals surface area contributed by atoms with Crippen molar-refractivity contribution >= 4 is 23.3 Å². The molecule has 0 saturated carbocycles. The van der Waals surface area contributed by atoms with Gasteiger partial charge in [0.2, 0.25) is 5.91 Å². The fraction of sp³-hybridized carbons (Fsp3) is 0.263. The van der Waals surface area contributed by atoms with Gasteiger partial charge in [0, 0.05) is 38.4 Å². The Morgan fingerprint density at radius 3 is 2.50 bits per heavy atom. The van der Waals surface area contributed by atoms with Gasteiger partial charge in [-0.25, -0.2) is 4.79 Å². The number of hydrogen-bond acceptors (Lipinski definition) is 4. The number of benzene rings is 2. The maximum atomic E-state index is 12.3. The SMILES string of the molecule is CN(C)c1cccc(C(=O)Oc2ccc(N3CCCC3=O)cc2)c1. The summed E-state index contributed by atoms with van der Waals surface area (Å²) in [5.74, 6) is 0.203. The van der Waals surface area contributed by atoms with Crippen LogP contribution in [-0.4, -0.2) is 32.5 Å². The van der Waals surface area contributed by atoms with Crippen molar-refractivity contribution in [3.63, 3.8) is 0 Å². The summed E-state index contributed by atoms with van der Waals surface area (Å²) >= 11 is 0. The molecular weight excluding hydrogens is 304 g/mol. The van der Waals surface area contributed by atoms with Gasteiger partial charge in [-0.15, -0.1) is 0 Å². The number of hydrogen-bond donors (Lipinski definition) is 0. The zero-order valence-corrected chi connectivity index (χ0v) is 13.9. The van der Waals surface area contributed by atoms with E-state index in [9.17, 15) is 9.59 Å². The molecule has 0 aliphatic carbocycles. The molecule has 0 atom stereocenters. The topological polar surface area (TPSA) is 49.9 Å². The van der Waals surface area contributed by atoms with E-state index in [1.165, 1.54) is 0 Å². The number of nitrogens with zero attached hydrogens (tertiary/aromatic N) is 2. The lowest BCUT2D eigenvalue weighted by Crippen LogP contribution is -2.23. The summed E-state index contributed by atoms with van der Waals surface area (Å²) in [6.45, 7) is 0.745. The van der Waals surface area contributed by atoms with Crippen LogP contribution in [0.5, 0.6) is 5.75 Å². The molecule has 2 aromatic carbocycles. The molecule has 1 heterocycles. The zero-order valence-electron chi connectivity index (χ0n) is 13.9. The molecule has 1 amide bonds. The highest BCUT2D eigenvalue weighted by Gasteiger charge is 2.21. The molecule has 0 unspecified atom stereocenters. The minimum atomic E-state index is -0.399. The molecule has 5 nitrogen and oxygen atoms in total. The Morgan fingerprint density at radius 2 is 1.88 bits per heavy atom. The van der Waals surface area contributed by atoms with Gasteiger partial charge in [-0.05, 0) is 48.9 Å². The standard InChI is InChI=1S/C19H20N2O3/c1-20(2)16-6-3-5-14(13-16)19(23)24-17-10-8-15(9-11-17)21-12-4-7-18(21)22/h3,5-6,8-11,13H,4,7,12H2,1-2H3. The highest BCUT2D eigenvalue weighted by atomic mass is 16.5. The first-order valence-corrected chi connectivity index (χ1v) is 7.94. The molecule has 124 valence electrons. The highest BCUT2D eigenvalue weighted by molar-refractivity contribution is 5.95. The van der Waals surface area contributed by atoms with Crippen LogP contribution < -0.4 is 14.5 Å². The van der Waals surface area contributed by atoms with Gasteiger partial charge in [-0.2, -0.15) is 0 Å². The van der Waals surface area contributed by atoms with E-state index in [0.717, 1.165) is 24.3 Å². The number of carbonyl (C=O) groups excluding carboxylic acids is 2. The van der Waals surface area contributed by atoms with Crippen molar-refractivity contribution in [1.82, 2.24) is 0 Å². The number of esters is 1. The molecule has 0 aromatic heterocycles. The lowest BCUT2D eigenvalue weighted by atomic mass is 10.2. The predicted molar refractivity (Wildman–Crippen MR) is 93.8 cm³/mol. The van der Waals surface area contributed by atoms with Crippen LogP contribution in [0.4, 0.5) is 11.4 Å². The second kappa shape index (κ2) is 6.74. The third-order valence-corrected chi connectivity index (χ3v) is 4.03. The molecule has 3 rings (SSSR count).